The molecule has 0 spiro atoms. The van der Waals surface area contributed by atoms with Crippen molar-refractivity contribution in [2.75, 3.05) is 0 Å². The Balaban J connectivity index is 0. The molecule has 17 heavy (non-hydrogen) atoms. The molecule has 0 aromatic rings. The van der Waals surface area contributed by atoms with Gasteiger partial charge in [-0.2, -0.15) is 0 Å². The van der Waals surface area contributed by atoms with Crippen LogP contribution < -0.4 is 40.2 Å². The molecule has 6 heteroatoms. The first-order chi connectivity index (χ1) is 7.54. The quantitative estimate of drug-likeness (QED) is 0.451. The van der Waals surface area contributed by atoms with Crippen molar-refractivity contribution >= 4 is 17.8 Å². The minimum absolute atomic E-state index is 0. The third-order valence-electron chi connectivity index (χ3n) is 2.84. The van der Waals surface area contributed by atoms with E-state index in [0.717, 1.165) is 19.3 Å². The monoisotopic (exact) mass is 250 g/mol. The molecular formula is C11H19N2NaO3. The Morgan fingerprint density at radius 2 is 1.71 bits per heavy atom. The van der Waals surface area contributed by atoms with Gasteiger partial charge in [-0.1, -0.05) is 26.7 Å². The Morgan fingerprint density at radius 1 is 1.18 bits per heavy atom. The number of imide groups is 2. The van der Waals surface area contributed by atoms with Crippen molar-refractivity contribution in [2.45, 2.75) is 39.5 Å². The summed E-state index contributed by atoms with van der Waals surface area (Å²) >= 11 is 0. The molecule has 0 aromatic carbocycles. The Morgan fingerprint density at radius 3 is 2.18 bits per heavy atom. The second-order valence-corrected chi connectivity index (χ2v) is 4.33. The molecular weight excluding hydrogens is 231 g/mol. The number of urea groups is 1. The molecule has 1 saturated heterocycles. The summed E-state index contributed by atoms with van der Waals surface area (Å²) in [6.07, 6.45) is 3.53. The van der Waals surface area contributed by atoms with Crippen molar-refractivity contribution in [2.24, 2.45) is 11.8 Å². The Labute approximate surface area is 125 Å². The van der Waals surface area contributed by atoms with Gasteiger partial charge in [-0.15, -0.1) is 0 Å². The first kappa shape index (κ1) is 16.6. The maximum Gasteiger partial charge on any atom is 1.00 e. The molecule has 1 fully saturated rings. The Hall–Kier alpha value is -0.390. The zero-order chi connectivity index (χ0) is 12.1. The predicted molar refractivity (Wildman–Crippen MR) is 59.6 cm³/mol. The minimum atomic E-state index is -0.715. The van der Waals surface area contributed by atoms with E-state index in [9.17, 15) is 14.4 Å². The topological polar surface area (TPSA) is 75.3 Å². The van der Waals surface area contributed by atoms with Crippen LogP contribution in [0.25, 0.3) is 0 Å². The number of hydrogen-bond donors (Lipinski definition) is 2. The first-order valence-corrected chi connectivity index (χ1v) is 5.70. The van der Waals surface area contributed by atoms with Crippen LogP contribution >= 0.6 is 0 Å². The molecule has 5 nitrogen and oxygen atoms in total. The molecule has 0 bridgehead atoms. The van der Waals surface area contributed by atoms with Crippen molar-refractivity contribution in [1.29, 1.82) is 0 Å². The van der Waals surface area contributed by atoms with Crippen LogP contribution in [0.2, 0.25) is 0 Å². The SMILES string of the molecule is CCCC(C)CCC1C(=O)NC(=O)NC1=O.[H-].[Na+]. The summed E-state index contributed by atoms with van der Waals surface area (Å²) in [5.41, 5.74) is 0. The fraction of sp³-hybridized carbons (Fsp3) is 0.727. The zero-order valence-corrected chi connectivity index (χ0v) is 12.7. The normalized spacial score (nSPS) is 18.1. The summed E-state index contributed by atoms with van der Waals surface area (Å²) in [6, 6.07) is -0.715. The summed E-state index contributed by atoms with van der Waals surface area (Å²) in [5.74, 6) is -1.16. The summed E-state index contributed by atoms with van der Waals surface area (Å²) in [4.78, 5) is 33.6. The van der Waals surface area contributed by atoms with Gasteiger partial charge in [-0.25, -0.2) is 4.79 Å². The van der Waals surface area contributed by atoms with Gasteiger partial charge in [0.25, 0.3) is 0 Å². The van der Waals surface area contributed by atoms with Crippen molar-refractivity contribution in [1.82, 2.24) is 10.6 Å². The molecule has 1 rings (SSSR count). The Kier molecular flexibility index (Phi) is 7.66. The molecule has 1 aliphatic rings. The second-order valence-electron chi connectivity index (χ2n) is 4.33. The van der Waals surface area contributed by atoms with E-state index in [1.54, 1.807) is 0 Å². The molecule has 0 aromatic heterocycles. The number of barbiturate groups is 1. The van der Waals surface area contributed by atoms with E-state index in [-0.39, 0.29) is 31.0 Å². The first-order valence-electron chi connectivity index (χ1n) is 5.70. The molecule has 1 unspecified atom stereocenters. The van der Waals surface area contributed by atoms with Gasteiger partial charge in [0.15, 0.2) is 0 Å². The third-order valence-corrected chi connectivity index (χ3v) is 2.84. The van der Waals surface area contributed by atoms with Gasteiger partial charge in [-0.3, -0.25) is 20.2 Å². The molecule has 1 atom stereocenters. The van der Waals surface area contributed by atoms with Crippen LogP contribution in [0.15, 0.2) is 0 Å². The molecule has 0 radical (unpaired) electrons. The summed E-state index contributed by atoms with van der Waals surface area (Å²) in [7, 11) is 0. The van der Waals surface area contributed by atoms with Crippen molar-refractivity contribution in [3.05, 3.63) is 0 Å². The van der Waals surface area contributed by atoms with Crippen molar-refractivity contribution in [3.63, 3.8) is 0 Å². The largest absolute Gasteiger partial charge is 1.00 e. The number of carbonyl (C=O) groups excluding carboxylic acids is 3. The van der Waals surface area contributed by atoms with Gasteiger partial charge in [0.05, 0.1) is 0 Å². The smallest absolute Gasteiger partial charge is 1.00 e. The van der Waals surface area contributed by atoms with E-state index in [2.05, 4.69) is 24.5 Å². The van der Waals surface area contributed by atoms with Crippen LogP contribution in [0.3, 0.4) is 0 Å². The van der Waals surface area contributed by atoms with Gasteiger partial charge in [0.1, 0.15) is 5.92 Å². The number of carbonyl (C=O) groups is 3. The van der Waals surface area contributed by atoms with Crippen LogP contribution in [0.4, 0.5) is 4.79 Å². The van der Waals surface area contributed by atoms with Crippen LogP contribution in [0, 0.1) is 11.8 Å². The van der Waals surface area contributed by atoms with Crippen molar-refractivity contribution < 1.29 is 45.4 Å². The standard InChI is InChI=1S/C11H18N2O3.Na.H/c1-3-4-7(2)5-6-8-9(14)12-11(16)13-10(8)15;;/h7-8H,3-6H2,1-2H3,(H2,12,13,14,15,16);;/q;+1;-1. The van der Waals surface area contributed by atoms with E-state index >= 15 is 0 Å². The van der Waals surface area contributed by atoms with Gasteiger partial charge in [0, 0.05) is 0 Å². The predicted octanol–water partition coefficient (Wildman–Crippen LogP) is -1.70. The van der Waals surface area contributed by atoms with Crippen LogP contribution in [0.1, 0.15) is 41.0 Å². The molecule has 4 amide bonds. The zero-order valence-electron chi connectivity index (χ0n) is 11.7. The molecule has 2 N–H and O–H groups in total. The number of nitrogens with one attached hydrogen (secondary N) is 2. The third kappa shape index (κ3) is 5.19. The van der Waals surface area contributed by atoms with Crippen LogP contribution in [-0.2, 0) is 9.59 Å². The summed E-state index contributed by atoms with van der Waals surface area (Å²) in [6.45, 7) is 4.21. The average Bonchev–Trinajstić information content (AvgIpc) is 2.16. The second kappa shape index (κ2) is 7.84. The van der Waals surface area contributed by atoms with Gasteiger partial charge >= 0.3 is 35.6 Å². The molecule has 0 aliphatic carbocycles. The molecule has 1 heterocycles. The van der Waals surface area contributed by atoms with E-state index < -0.39 is 23.8 Å². The van der Waals surface area contributed by atoms with Crippen LogP contribution in [0.5, 0.6) is 0 Å². The number of rotatable bonds is 5. The molecule has 92 valence electrons. The number of amides is 4. The maximum absolute atomic E-state index is 11.4. The van der Waals surface area contributed by atoms with E-state index in [4.69, 9.17) is 0 Å². The molecule has 1 aliphatic heterocycles. The van der Waals surface area contributed by atoms with Crippen molar-refractivity contribution in [3.8, 4) is 0 Å². The van der Waals surface area contributed by atoms with Crippen LogP contribution in [-0.4, -0.2) is 17.8 Å². The van der Waals surface area contributed by atoms with Gasteiger partial charge < -0.3 is 1.43 Å². The Bertz CT molecular complexity index is 293. The maximum atomic E-state index is 11.4. The van der Waals surface area contributed by atoms with Gasteiger partial charge in [0.2, 0.25) is 11.8 Å². The average molecular weight is 250 g/mol. The fourth-order valence-electron chi connectivity index (χ4n) is 1.90. The van der Waals surface area contributed by atoms with E-state index in [0.29, 0.717) is 12.3 Å². The van der Waals surface area contributed by atoms with E-state index in [1.807, 2.05) is 0 Å². The van der Waals surface area contributed by atoms with E-state index in [1.165, 1.54) is 0 Å². The van der Waals surface area contributed by atoms with Gasteiger partial charge in [-0.05, 0) is 18.8 Å². The molecule has 0 saturated carbocycles. The minimum Gasteiger partial charge on any atom is -1.00 e. The fourth-order valence-corrected chi connectivity index (χ4v) is 1.90. The summed E-state index contributed by atoms with van der Waals surface area (Å²) < 4.78 is 0. The number of hydrogen-bond acceptors (Lipinski definition) is 3. The summed E-state index contributed by atoms with van der Waals surface area (Å²) in [5, 5.41) is 4.21.